The molecule has 0 spiro atoms. The number of amides is 1. The van der Waals surface area contributed by atoms with Crippen LogP contribution in [0.4, 0.5) is 5.69 Å². The summed E-state index contributed by atoms with van der Waals surface area (Å²) in [5.41, 5.74) is 5.19. The number of carboxylic acids is 1. The lowest BCUT2D eigenvalue weighted by molar-refractivity contribution is -0.255. The van der Waals surface area contributed by atoms with Crippen LogP contribution < -0.4 is 15.4 Å². The van der Waals surface area contributed by atoms with E-state index in [0.717, 1.165) is 5.69 Å². The Balaban J connectivity index is 1.70. The number of aryl methyl sites for hydroxylation is 1. The maximum atomic E-state index is 12.2. The van der Waals surface area contributed by atoms with E-state index >= 15 is 0 Å². The van der Waals surface area contributed by atoms with E-state index in [1.54, 1.807) is 49.4 Å². The topological polar surface area (TPSA) is 98.0 Å². The zero-order valence-corrected chi connectivity index (χ0v) is 16.3. The lowest BCUT2D eigenvalue weighted by atomic mass is 10.0. The van der Waals surface area contributed by atoms with Crippen LogP contribution in [0.5, 0.6) is 0 Å². The first-order chi connectivity index (χ1) is 13.8. The molecule has 0 fully saturated rings. The van der Waals surface area contributed by atoms with Crippen LogP contribution in [0.2, 0.25) is 0 Å². The summed E-state index contributed by atoms with van der Waals surface area (Å²) < 4.78 is 5.66. The van der Waals surface area contributed by atoms with Gasteiger partial charge in [0, 0.05) is 36.5 Å². The third-order valence-corrected chi connectivity index (χ3v) is 4.35. The summed E-state index contributed by atoms with van der Waals surface area (Å²) in [6.07, 6.45) is 1.38. The van der Waals surface area contributed by atoms with Gasteiger partial charge in [0.15, 0.2) is 0 Å². The van der Waals surface area contributed by atoms with Crippen molar-refractivity contribution in [3.63, 3.8) is 0 Å². The number of rotatable bonds is 6. The van der Waals surface area contributed by atoms with Gasteiger partial charge in [0.05, 0.1) is 12.2 Å². The van der Waals surface area contributed by atoms with Crippen molar-refractivity contribution in [2.24, 2.45) is 5.10 Å². The molecule has 0 atom stereocenters. The molecule has 0 unspecified atom stereocenters. The van der Waals surface area contributed by atoms with Gasteiger partial charge in [0.2, 0.25) is 0 Å². The summed E-state index contributed by atoms with van der Waals surface area (Å²) in [6.45, 7) is 1.70. The second kappa shape index (κ2) is 8.43. The summed E-state index contributed by atoms with van der Waals surface area (Å²) in [5.74, 6) is -0.676. The van der Waals surface area contributed by atoms with Crippen molar-refractivity contribution >= 4 is 23.8 Å². The molecule has 0 saturated heterocycles. The minimum absolute atomic E-state index is 0.112. The van der Waals surface area contributed by atoms with Gasteiger partial charge in [-0.2, -0.15) is 5.10 Å². The Morgan fingerprint density at radius 1 is 1.10 bits per heavy atom. The Kier molecular flexibility index (Phi) is 5.78. The molecule has 1 amide bonds. The molecule has 1 aromatic heterocycles. The molecule has 0 aliphatic carbocycles. The average Bonchev–Trinajstić information content (AvgIpc) is 3.17. The predicted molar refractivity (Wildman–Crippen MR) is 109 cm³/mol. The van der Waals surface area contributed by atoms with Crippen molar-refractivity contribution in [2.45, 2.75) is 6.92 Å². The van der Waals surface area contributed by atoms with E-state index in [9.17, 15) is 14.7 Å². The summed E-state index contributed by atoms with van der Waals surface area (Å²) in [6, 6.07) is 15.5. The van der Waals surface area contributed by atoms with Crippen LogP contribution >= 0.6 is 0 Å². The highest BCUT2D eigenvalue weighted by Crippen LogP contribution is 2.24. The largest absolute Gasteiger partial charge is 0.545 e. The minimum Gasteiger partial charge on any atom is -0.545 e. The van der Waals surface area contributed by atoms with Crippen molar-refractivity contribution in [3.8, 4) is 11.3 Å². The number of hydrogen-bond donors (Lipinski definition) is 1. The van der Waals surface area contributed by atoms with Gasteiger partial charge in [0.1, 0.15) is 11.5 Å². The zero-order valence-electron chi connectivity index (χ0n) is 16.3. The van der Waals surface area contributed by atoms with Crippen molar-refractivity contribution in [1.29, 1.82) is 0 Å². The molecule has 3 aromatic rings. The fourth-order valence-electron chi connectivity index (χ4n) is 2.72. The van der Waals surface area contributed by atoms with Gasteiger partial charge >= 0.3 is 0 Å². The molecule has 3 rings (SSSR count). The van der Waals surface area contributed by atoms with E-state index in [1.807, 2.05) is 25.1 Å². The van der Waals surface area contributed by atoms with E-state index in [2.05, 4.69) is 10.5 Å². The van der Waals surface area contributed by atoms with Crippen LogP contribution in [0, 0.1) is 6.92 Å². The second-order valence-corrected chi connectivity index (χ2v) is 6.66. The Labute approximate surface area is 168 Å². The normalized spacial score (nSPS) is 10.9. The minimum atomic E-state index is -1.24. The summed E-state index contributed by atoms with van der Waals surface area (Å²) >= 11 is 0. The number of hydrogen-bond acceptors (Lipinski definition) is 6. The van der Waals surface area contributed by atoms with Crippen LogP contribution in [0.1, 0.15) is 32.0 Å². The number of aromatic carboxylic acids is 1. The molecular weight excluding hydrogens is 370 g/mol. The van der Waals surface area contributed by atoms with Crippen LogP contribution in [-0.2, 0) is 0 Å². The molecule has 1 heterocycles. The first-order valence-electron chi connectivity index (χ1n) is 8.88. The average molecular weight is 390 g/mol. The Morgan fingerprint density at radius 2 is 1.90 bits per heavy atom. The second-order valence-electron chi connectivity index (χ2n) is 6.66. The molecular formula is C22H20N3O4-. The van der Waals surface area contributed by atoms with Crippen LogP contribution in [-0.4, -0.2) is 32.2 Å². The van der Waals surface area contributed by atoms with Crippen molar-refractivity contribution in [1.82, 2.24) is 5.43 Å². The number of nitrogens with one attached hydrogen (secondary N) is 1. The van der Waals surface area contributed by atoms with Crippen molar-refractivity contribution < 1.29 is 19.1 Å². The van der Waals surface area contributed by atoms with Crippen molar-refractivity contribution in [3.05, 3.63) is 77.0 Å². The highest BCUT2D eigenvalue weighted by molar-refractivity contribution is 5.95. The molecule has 0 radical (unpaired) electrons. The number of anilines is 1. The molecule has 0 bridgehead atoms. The molecule has 2 aromatic carbocycles. The quantitative estimate of drug-likeness (QED) is 0.515. The maximum Gasteiger partial charge on any atom is 0.271 e. The van der Waals surface area contributed by atoms with E-state index in [4.69, 9.17) is 4.42 Å². The van der Waals surface area contributed by atoms with E-state index in [0.29, 0.717) is 28.2 Å². The van der Waals surface area contributed by atoms with Gasteiger partial charge in [-0.05, 0) is 48.9 Å². The standard InChI is InChI=1S/C22H21N3O4/c1-14-7-8-15(12-19(14)22(27)28)20-10-9-18(29-20)13-23-24-21(26)16-5-4-6-17(11-16)25(2)3/h4-13H,1-3H3,(H,24,26)(H,27,28)/p-1/b23-13-. The van der Waals surface area contributed by atoms with Crippen molar-refractivity contribution in [2.75, 3.05) is 19.0 Å². The molecule has 1 N–H and O–H groups in total. The fourth-order valence-corrected chi connectivity index (χ4v) is 2.72. The lowest BCUT2D eigenvalue weighted by Gasteiger charge is -2.12. The molecule has 0 aliphatic rings. The summed E-state index contributed by atoms with van der Waals surface area (Å²) in [4.78, 5) is 25.3. The maximum absolute atomic E-state index is 12.2. The predicted octanol–water partition coefficient (Wildman–Crippen LogP) is 2.45. The van der Waals surface area contributed by atoms with Crippen LogP contribution in [0.25, 0.3) is 11.3 Å². The number of carbonyl (C=O) groups is 2. The monoisotopic (exact) mass is 390 g/mol. The van der Waals surface area contributed by atoms with Crippen LogP contribution in [0.3, 0.4) is 0 Å². The number of benzene rings is 2. The molecule has 0 saturated carbocycles. The summed E-state index contributed by atoms with van der Waals surface area (Å²) in [7, 11) is 3.79. The third kappa shape index (κ3) is 4.70. The number of carboxylic acid groups (broad SMARTS) is 1. The smallest absolute Gasteiger partial charge is 0.271 e. The SMILES string of the molecule is Cc1ccc(-c2ccc(/C=N\NC(=O)c3cccc(N(C)C)c3)o2)cc1C(=O)[O-]. The lowest BCUT2D eigenvalue weighted by Crippen LogP contribution is -2.23. The number of carbonyl (C=O) groups excluding carboxylic acids is 2. The van der Waals surface area contributed by atoms with Gasteiger partial charge < -0.3 is 19.2 Å². The Morgan fingerprint density at radius 3 is 2.62 bits per heavy atom. The zero-order chi connectivity index (χ0) is 21.0. The van der Waals surface area contributed by atoms with Gasteiger partial charge in [-0.25, -0.2) is 5.43 Å². The van der Waals surface area contributed by atoms with Gasteiger partial charge in [0.25, 0.3) is 5.91 Å². The molecule has 29 heavy (non-hydrogen) atoms. The first kappa shape index (κ1) is 19.9. The highest BCUT2D eigenvalue weighted by Gasteiger charge is 2.08. The van der Waals surface area contributed by atoms with E-state index in [1.165, 1.54) is 12.3 Å². The molecule has 7 nitrogen and oxygen atoms in total. The molecule has 7 heteroatoms. The van der Waals surface area contributed by atoms with Gasteiger partial charge in [-0.15, -0.1) is 0 Å². The third-order valence-electron chi connectivity index (χ3n) is 4.35. The van der Waals surface area contributed by atoms with Gasteiger partial charge in [-0.3, -0.25) is 4.79 Å². The molecule has 148 valence electrons. The Bertz CT molecular complexity index is 1080. The van der Waals surface area contributed by atoms with Gasteiger partial charge in [-0.1, -0.05) is 18.2 Å². The Hall–Kier alpha value is -3.87. The van der Waals surface area contributed by atoms with E-state index in [-0.39, 0.29) is 11.5 Å². The highest BCUT2D eigenvalue weighted by atomic mass is 16.4. The van der Waals surface area contributed by atoms with E-state index < -0.39 is 5.97 Å². The number of hydrazone groups is 1. The fraction of sp³-hybridized carbons (Fsp3) is 0.136. The first-order valence-corrected chi connectivity index (χ1v) is 8.88. The number of furan rings is 1. The molecule has 0 aliphatic heterocycles. The number of nitrogens with zero attached hydrogens (tertiary/aromatic N) is 2. The van der Waals surface area contributed by atoms with Crippen LogP contribution in [0.15, 0.2) is 64.1 Å². The summed E-state index contributed by atoms with van der Waals surface area (Å²) in [5, 5.41) is 15.1.